The number of fused-ring (bicyclic) bond motifs is 1. The predicted octanol–water partition coefficient (Wildman–Crippen LogP) is 3.39. The van der Waals surface area contributed by atoms with E-state index >= 15 is 0 Å². The number of nitrogens with zero attached hydrogens (tertiary/aromatic N) is 4. The molecule has 0 saturated carbocycles. The van der Waals surface area contributed by atoms with Crippen molar-refractivity contribution in [1.29, 1.82) is 0 Å². The van der Waals surface area contributed by atoms with Crippen LogP contribution in [0.5, 0.6) is 0 Å². The van der Waals surface area contributed by atoms with E-state index in [-0.39, 0.29) is 25.4 Å². The van der Waals surface area contributed by atoms with Gasteiger partial charge in [-0.2, -0.15) is 0 Å². The lowest BCUT2D eigenvalue weighted by Gasteiger charge is -2.34. The van der Waals surface area contributed by atoms with E-state index in [2.05, 4.69) is 27.3 Å². The highest BCUT2D eigenvalue weighted by molar-refractivity contribution is 5.82. The number of anilines is 2. The van der Waals surface area contributed by atoms with Crippen LogP contribution in [0.3, 0.4) is 0 Å². The molecule has 1 saturated heterocycles. The fraction of sp³-hybridized carbons (Fsp3) is 0.571. The van der Waals surface area contributed by atoms with Crippen LogP contribution in [0.2, 0.25) is 0 Å². The monoisotopic (exact) mass is 523 g/mol. The average molecular weight is 524 g/mol. The van der Waals surface area contributed by atoms with Crippen molar-refractivity contribution < 1.29 is 24.2 Å². The van der Waals surface area contributed by atoms with E-state index in [1.54, 1.807) is 0 Å². The lowest BCUT2D eigenvalue weighted by molar-refractivity contribution is -0.152. The minimum Gasteiger partial charge on any atom is -0.481 e. The molecule has 0 amide bonds. The van der Waals surface area contributed by atoms with Crippen LogP contribution in [0.25, 0.3) is 0 Å². The van der Waals surface area contributed by atoms with Crippen LogP contribution in [-0.4, -0.2) is 64.0 Å². The Bertz CT molecular complexity index is 1190. The molecule has 0 spiro atoms. The molecule has 204 valence electrons. The van der Waals surface area contributed by atoms with E-state index in [9.17, 15) is 19.5 Å². The van der Waals surface area contributed by atoms with Gasteiger partial charge in [0.25, 0.3) is 0 Å². The van der Waals surface area contributed by atoms with Crippen molar-refractivity contribution >= 4 is 29.4 Å². The molecule has 2 aromatic rings. The Morgan fingerprint density at radius 2 is 1.84 bits per heavy atom. The highest BCUT2D eigenvalue weighted by Gasteiger charge is 2.27. The van der Waals surface area contributed by atoms with Gasteiger partial charge in [-0.25, -0.2) is 9.97 Å². The highest BCUT2D eigenvalue weighted by atomic mass is 16.5. The number of rotatable bonds is 10. The smallest absolute Gasteiger partial charge is 0.308 e. The fourth-order valence-electron chi connectivity index (χ4n) is 5.22. The van der Waals surface area contributed by atoms with Crippen LogP contribution in [-0.2, 0) is 32.0 Å². The molecule has 0 radical (unpaired) electrons. The van der Waals surface area contributed by atoms with Crippen LogP contribution in [0.1, 0.15) is 73.3 Å². The van der Waals surface area contributed by atoms with Gasteiger partial charge in [-0.1, -0.05) is 6.07 Å². The molecule has 0 unspecified atom stereocenters. The molecule has 1 aliphatic heterocycles. The van der Waals surface area contributed by atoms with Crippen LogP contribution in [0.15, 0.2) is 12.1 Å². The largest absolute Gasteiger partial charge is 0.481 e. The van der Waals surface area contributed by atoms with E-state index in [0.717, 1.165) is 50.2 Å². The maximum atomic E-state index is 12.0. The van der Waals surface area contributed by atoms with Crippen LogP contribution in [0.4, 0.5) is 11.6 Å². The number of aromatic nitrogens is 3. The maximum Gasteiger partial charge on any atom is 0.308 e. The zero-order chi connectivity index (χ0) is 27.2. The third kappa shape index (κ3) is 6.85. The number of carbonyl (C=O) groups is 3. The summed E-state index contributed by atoms with van der Waals surface area (Å²) in [5.41, 5.74) is 4.72. The lowest BCUT2D eigenvalue weighted by Crippen LogP contribution is -2.35. The topological polar surface area (TPSA) is 135 Å². The summed E-state index contributed by atoms with van der Waals surface area (Å²) in [7, 11) is 0. The Balaban J connectivity index is 1.39. The molecule has 10 heteroatoms. The summed E-state index contributed by atoms with van der Waals surface area (Å²) in [6.45, 7) is 6.37. The Morgan fingerprint density at radius 3 is 2.55 bits per heavy atom. The molecule has 2 aromatic heterocycles. The first kappa shape index (κ1) is 27.5. The number of carbonyl (C=O) groups excluding carboxylic acids is 2. The number of aryl methyl sites for hydroxylation is 3. The number of nitrogens with one attached hydrogen (secondary N) is 1. The van der Waals surface area contributed by atoms with E-state index in [0.29, 0.717) is 17.6 Å². The number of esters is 1. The van der Waals surface area contributed by atoms with Gasteiger partial charge >= 0.3 is 11.9 Å². The maximum absolute atomic E-state index is 12.0. The molecule has 4 rings (SSSR count). The third-order valence-electron chi connectivity index (χ3n) is 7.36. The first-order valence-electron chi connectivity index (χ1n) is 13.4. The van der Waals surface area contributed by atoms with Gasteiger partial charge in [-0.05, 0) is 70.9 Å². The van der Waals surface area contributed by atoms with E-state index in [1.165, 1.54) is 36.7 Å². The SMILES string of the molecule is CC(=O)COC(=O)C[C@@H](CNc1nc(C)nc(N2CCC(c3ccc4c(n3)CCCC4)CC2)c1C)C(=O)O. The second-order valence-corrected chi connectivity index (χ2v) is 10.4. The number of Topliss-reactive ketones (excluding diaryl/α,β-unsaturated/α-hetero) is 1. The van der Waals surface area contributed by atoms with Gasteiger partial charge in [0.2, 0.25) is 0 Å². The van der Waals surface area contributed by atoms with E-state index in [1.807, 2.05) is 13.8 Å². The minimum atomic E-state index is -1.13. The summed E-state index contributed by atoms with van der Waals surface area (Å²) in [5, 5.41) is 12.7. The van der Waals surface area contributed by atoms with Gasteiger partial charge < -0.3 is 20.1 Å². The molecule has 2 aliphatic rings. The summed E-state index contributed by atoms with van der Waals surface area (Å²) in [6.07, 6.45) is 6.34. The number of aliphatic carboxylic acids is 1. The molecule has 38 heavy (non-hydrogen) atoms. The van der Waals surface area contributed by atoms with Crippen LogP contribution in [0, 0.1) is 19.8 Å². The summed E-state index contributed by atoms with van der Waals surface area (Å²) in [5.74, 6) is -0.768. The van der Waals surface area contributed by atoms with Gasteiger partial charge in [0, 0.05) is 42.5 Å². The molecule has 0 bridgehead atoms. The number of carboxylic acids is 1. The standard InChI is InChI=1S/C28H37N5O5/c1-17(34)16-38-25(35)14-22(28(36)37)15-29-26-18(2)27(31-19(3)30-26)33-12-10-21(11-13-33)24-9-8-20-6-4-5-7-23(20)32-24/h8-9,21-22H,4-7,10-16H2,1-3H3,(H,36,37)(H,29,30,31)/t22-/m0/s1. The average Bonchev–Trinajstić information content (AvgIpc) is 2.91. The number of pyridine rings is 1. The number of ketones is 1. The summed E-state index contributed by atoms with van der Waals surface area (Å²) >= 11 is 0. The zero-order valence-electron chi connectivity index (χ0n) is 22.5. The van der Waals surface area contributed by atoms with Crippen molar-refractivity contribution in [2.24, 2.45) is 5.92 Å². The van der Waals surface area contributed by atoms with Crippen molar-refractivity contribution in [3.05, 3.63) is 40.5 Å². The Hall–Kier alpha value is -3.56. The Labute approximate surface area is 223 Å². The molecule has 3 heterocycles. The lowest BCUT2D eigenvalue weighted by atomic mass is 9.90. The molecule has 2 N–H and O–H groups in total. The zero-order valence-corrected chi connectivity index (χ0v) is 22.5. The summed E-state index contributed by atoms with van der Waals surface area (Å²) < 4.78 is 4.83. The van der Waals surface area contributed by atoms with Crippen molar-refractivity contribution in [3.63, 3.8) is 0 Å². The van der Waals surface area contributed by atoms with Gasteiger partial charge in [-0.3, -0.25) is 19.4 Å². The molecule has 1 fully saturated rings. The van der Waals surface area contributed by atoms with Crippen molar-refractivity contribution in [2.45, 2.75) is 71.6 Å². The van der Waals surface area contributed by atoms with Gasteiger partial charge in [0.1, 0.15) is 24.1 Å². The Kier molecular flexibility index (Phi) is 8.91. The van der Waals surface area contributed by atoms with E-state index < -0.39 is 17.9 Å². The van der Waals surface area contributed by atoms with Crippen LogP contribution < -0.4 is 10.2 Å². The minimum absolute atomic E-state index is 0.00664. The van der Waals surface area contributed by atoms with Gasteiger partial charge in [0.15, 0.2) is 5.78 Å². The van der Waals surface area contributed by atoms with Crippen molar-refractivity contribution in [1.82, 2.24) is 15.0 Å². The Morgan fingerprint density at radius 1 is 1.11 bits per heavy atom. The second kappa shape index (κ2) is 12.3. The van der Waals surface area contributed by atoms with E-state index in [4.69, 9.17) is 14.7 Å². The number of hydrogen-bond donors (Lipinski definition) is 2. The van der Waals surface area contributed by atoms with Gasteiger partial charge in [0.05, 0.1) is 12.3 Å². The van der Waals surface area contributed by atoms with Gasteiger partial charge in [-0.15, -0.1) is 0 Å². The summed E-state index contributed by atoms with van der Waals surface area (Å²) in [4.78, 5) is 51.2. The second-order valence-electron chi connectivity index (χ2n) is 10.4. The van der Waals surface area contributed by atoms with Crippen molar-refractivity contribution in [2.75, 3.05) is 36.5 Å². The highest BCUT2D eigenvalue weighted by Crippen LogP contribution is 2.33. The molecule has 1 aliphatic carbocycles. The van der Waals surface area contributed by atoms with Crippen LogP contribution >= 0.6 is 0 Å². The summed E-state index contributed by atoms with van der Waals surface area (Å²) in [6, 6.07) is 4.48. The fourth-order valence-corrected chi connectivity index (χ4v) is 5.22. The molecule has 1 atom stereocenters. The normalized spacial score (nSPS) is 16.4. The first-order chi connectivity index (χ1) is 18.2. The quantitative estimate of drug-likeness (QED) is 0.446. The predicted molar refractivity (Wildman–Crippen MR) is 142 cm³/mol. The number of carboxylic acid groups (broad SMARTS) is 1. The first-order valence-corrected chi connectivity index (χ1v) is 13.4. The molecular weight excluding hydrogens is 486 g/mol. The molecule has 0 aromatic carbocycles. The van der Waals surface area contributed by atoms with Crippen molar-refractivity contribution in [3.8, 4) is 0 Å². The number of ether oxygens (including phenoxy) is 1. The molecular formula is C28H37N5O5. The third-order valence-corrected chi connectivity index (χ3v) is 7.36. The number of hydrogen-bond acceptors (Lipinski definition) is 9. The number of piperidine rings is 1. The molecule has 10 nitrogen and oxygen atoms in total.